The minimum absolute atomic E-state index is 0.168. The second-order valence-electron chi connectivity index (χ2n) is 5.03. The van der Waals surface area contributed by atoms with E-state index in [1.54, 1.807) is 16.2 Å². The van der Waals surface area contributed by atoms with Gasteiger partial charge in [-0.3, -0.25) is 4.79 Å². The third kappa shape index (κ3) is 3.50. The second kappa shape index (κ2) is 6.74. The molecule has 1 heterocycles. The fourth-order valence-electron chi connectivity index (χ4n) is 2.60. The van der Waals surface area contributed by atoms with Crippen molar-refractivity contribution in [3.8, 4) is 0 Å². The number of urea groups is 1. The fraction of sp³-hybridized carbons (Fsp3) is 0.571. The molecule has 1 aromatic rings. The number of aliphatic carboxylic acids is 1. The van der Waals surface area contributed by atoms with E-state index in [1.807, 2.05) is 24.4 Å². The van der Waals surface area contributed by atoms with Crippen LogP contribution in [0.1, 0.15) is 31.1 Å². The highest BCUT2D eigenvalue weighted by Crippen LogP contribution is 2.26. The van der Waals surface area contributed by atoms with Crippen molar-refractivity contribution in [3.05, 3.63) is 22.4 Å². The van der Waals surface area contributed by atoms with Crippen molar-refractivity contribution in [2.45, 2.75) is 38.8 Å². The number of carboxylic acid groups (broad SMARTS) is 1. The topological polar surface area (TPSA) is 69.6 Å². The van der Waals surface area contributed by atoms with Crippen molar-refractivity contribution in [1.29, 1.82) is 0 Å². The molecule has 1 aliphatic rings. The summed E-state index contributed by atoms with van der Waals surface area (Å²) in [4.78, 5) is 26.2. The minimum Gasteiger partial charge on any atom is -0.481 e. The number of carboxylic acids is 1. The molecule has 1 aliphatic carbocycles. The number of thiophene rings is 1. The van der Waals surface area contributed by atoms with E-state index in [2.05, 4.69) is 5.32 Å². The van der Waals surface area contributed by atoms with Crippen LogP contribution in [-0.4, -0.2) is 34.6 Å². The van der Waals surface area contributed by atoms with Crippen LogP contribution < -0.4 is 5.32 Å². The lowest BCUT2D eigenvalue weighted by Crippen LogP contribution is -2.47. The summed E-state index contributed by atoms with van der Waals surface area (Å²) in [5, 5.41) is 14.0. The molecule has 1 fully saturated rings. The van der Waals surface area contributed by atoms with Crippen LogP contribution in [0.15, 0.2) is 17.5 Å². The van der Waals surface area contributed by atoms with Crippen molar-refractivity contribution >= 4 is 23.3 Å². The molecule has 1 saturated carbocycles. The summed E-state index contributed by atoms with van der Waals surface area (Å²) >= 11 is 1.62. The largest absolute Gasteiger partial charge is 0.481 e. The molecular weight excluding hydrogens is 276 g/mol. The molecular formula is C14H20N2O3S. The number of carbonyl (C=O) groups is 2. The van der Waals surface area contributed by atoms with Crippen LogP contribution in [0.4, 0.5) is 4.79 Å². The lowest BCUT2D eigenvalue weighted by Gasteiger charge is -2.25. The van der Waals surface area contributed by atoms with Crippen molar-refractivity contribution in [1.82, 2.24) is 10.2 Å². The summed E-state index contributed by atoms with van der Waals surface area (Å²) in [6.45, 7) is 3.11. The van der Waals surface area contributed by atoms with E-state index in [-0.39, 0.29) is 12.1 Å². The highest BCUT2D eigenvalue weighted by molar-refractivity contribution is 7.09. The summed E-state index contributed by atoms with van der Waals surface area (Å²) in [5.41, 5.74) is 0. The van der Waals surface area contributed by atoms with E-state index in [4.69, 9.17) is 5.11 Å². The van der Waals surface area contributed by atoms with Gasteiger partial charge < -0.3 is 15.3 Å². The van der Waals surface area contributed by atoms with Crippen LogP contribution in [0, 0.1) is 5.92 Å². The first kappa shape index (κ1) is 14.8. The SMILES string of the molecule is CCN(Cc1cccs1)C(=O)NC1CCCC1C(=O)O. The predicted octanol–water partition coefficient (Wildman–Crippen LogP) is 2.53. The number of carbonyl (C=O) groups excluding carboxylic acids is 1. The zero-order valence-corrected chi connectivity index (χ0v) is 12.4. The number of rotatable bonds is 5. The third-order valence-corrected chi connectivity index (χ3v) is 4.60. The number of hydrogen-bond donors (Lipinski definition) is 2. The van der Waals surface area contributed by atoms with Crippen molar-refractivity contribution in [2.24, 2.45) is 5.92 Å². The first-order valence-corrected chi connectivity index (χ1v) is 7.80. The first-order chi connectivity index (χ1) is 9.61. The van der Waals surface area contributed by atoms with Gasteiger partial charge in [0, 0.05) is 17.5 Å². The minimum atomic E-state index is -0.811. The van der Waals surface area contributed by atoms with Gasteiger partial charge in [-0.1, -0.05) is 12.5 Å². The Balaban J connectivity index is 1.93. The van der Waals surface area contributed by atoms with Crippen molar-refractivity contribution in [3.63, 3.8) is 0 Å². The van der Waals surface area contributed by atoms with Crippen LogP contribution in [0.2, 0.25) is 0 Å². The number of hydrogen-bond acceptors (Lipinski definition) is 3. The molecule has 2 atom stereocenters. The van der Waals surface area contributed by atoms with Gasteiger partial charge in [-0.25, -0.2) is 4.79 Å². The Morgan fingerprint density at radius 3 is 2.90 bits per heavy atom. The number of amides is 2. The molecule has 0 radical (unpaired) electrons. The van der Waals surface area contributed by atoms with E-state index < -0.39 is 11.9 Å². The average molecular weight is 296 g/mol. The van der Waals surface area contributed by atoms with Gasteiger partial charge in [0.05, 0.1) is 12.5 Å². The highest BCUT2D eigenvalue weighted by Gasteiger charge is 2.34. The zero-order valence-electron chi connectivity index (χ0n) is 11.5. The van der Waals surface area contributed by atoms with Gasteiger partial charge in [-0.15, -0.1) is 11.3 Å². The maximum Gasteiger partial charge on any atom is 0.317 e. The number of nitrogens with one attached hydrogen (secondary N) is 1. The molecule has 2 unspecified atom stereocenters. The van der Waals surface area contributed by atoms with Crippen molar-refractivity contribution < 1.29 is 14.7 Å². The van der Waals surface area contributed by atoms with Gasteiger partial charge in [0.25, 0.3) is 0 Å². The van der Waals surface area contributed by atoms with Gasteiger partial charge >= 0.3 is 12.0 Å². The maximum atomic E-state index is 12.3. The molecule has 0 bridgehead atoms. The molecule has 0 aliphatic heterocycles. The van der Waals surface area contributed by atoms with E-state index in [9.17, 15) is 9.59 Å². The van der Waals surface area contributed by atoms with Gasteiger partial charge in [0.15, 0.2) is 0 Å². The second-order valence-corrected chi connectivity index (χ2v) is 6.06. The molecule has 0 spiro atoms. The Bertz CT molecular complexity index is 461. The lowest BCUT2D eigenvalue weighted by molar-refractivity contribution is -0.142. The molecule has 2 N–H and O–H groups in total. The summed E-state index contributed by atoms with van der Waals surface area (Å²) in [6.07, 6.45) is 2.26. The van der Waals surface area contributed by atoms with Crippen LogP contribution >= 0.6 is 11.3 Å². The van der Waals surface area contributed by atoms with Crippen LogP contribution in [0.25, 0.3) is 0 Å². The summed E-state index contributed by atoms with van der Waals surface area (Å²) < 4.78 is 0. The quantitative estimate of drug-likeness (QED) is 0.877. The monoisotopic (exact) mass is 296 g/mol. The zero-order chi connectivity index (χ0) is 14.5. The normalized spacial score (nSPS) is 21.6. The summed E-state index contributed by atoms with van der Waals surface area (Å²) in [7, 11) is 0. The number of nitrogens with zero attached hydrogens (tertiary/aromatic N) is 1. The molecule has 5 nitrogen and oxygen atoms in total. The molecule has 2 amide bonds. The molecule has 110 valence electrons. The Hall–Kier alpha value is -1.56. The van der Waals surface area contributed by atoms with E-state index in [1.165, 1.54) is 0 Å². The van der Waals surface area contributed by atoms with Gasteiger partial charge in [-0.05, 0) is 31.2 Å². The van der Waals surface area contributed by atoms with Crippen molar-refractivity contribution in [2.75, 3.05) is 6.54 Å². The average Bonchev–Trinajstić information content (AvgIpc) is 3.06. The Morgan fingerprint density at radius 1 is 1.50 bits per heavy atom. The van der Waals surface area contributed by atoms with E-state index in [0.29, 0.717) is 19.5 Å². The van der Waals surface area contributed by atoms with Gasteiger partial charge in [0.2, 0.25) is 0 Å². The van der Waals surface area contributed by atoms with E-state index in [0.717, 1.165) is 17.7 Å². The van der Waals surface area contributed by atoms with Gasteiger partial charge in [0.1, 0.15) is 0 Å². The molecule has 1 aromatic heterocycles. The molecule has 6 heteroatoms. The first-order valence-electron chi connectivity index (χ1n) is 6.92. The Labute approximate surface area is 122 Å². The summed E-state index contributed by atoms with van der Waals surface area (Å²) in [5.74, 6) is -1.26. The highest BCUT2D eigenvalue weighted by atomic mass is 32.1. The predicted molar refractivity (Wildman–Crippen MR) is 77.7 cm³/mol. The third-order valence-electron chi connectivity index (χ3n) is 3.74. The molecule has 20 heavy (non-hydrogen) atoms. The molecule has 0 aromatic carbocycles. The summed E-state index contributed by atoms with van der Waals surface area (Å²) in [6, 6.07) is 3.55. The van der Waals surface area contributed by atoms with Crippen LogP contribution in [0.5, 0.6) is 0 Å². The fourth-order valence-corrected chi connectivity index (χ4v) is 3.32. The maximum absolute atomic E-state index is 12.3. The Kier molecular flexibility index (Phi) is 5.00. The molecule has 0 saturated heterocycles. The van der Waals surface area contributed by atoms with Crippen LogP contribution in [0.3, 0.4) is 0 Å². The van der Waals surface area contributed by atoms with Crippen LogP contribution in [-0.2, 0) is 11.3 Å². The smallest absolute Gasteiger partial charge is 0.317 e. The lowest BCUT2D eigenvalue weighted by atomic mass is 10.0. The molecule has 2 rings (SSSR count). The standard InChI is InChI=1S/C14H20N2O3S/c1-2-16(9-10-5-4-8-20-10)14(19)15-12-7-3-6-11(12)13(17)18/h4-5,8,11-12H,2-3,6-7,9H2,1H3,(H,15,19)(H,17,18). The Morgan fingerprint density at radius 2 is 2.30 bits per heavy atom. The van der Waals surface area contributed by atoms with E-state index >= 15 is 0 Å². The van der Waals surface area contributed by atoms with Gasteiger partial charge in [-0.2, -0.15) is 0 Å².